The molecule has 4 rings (SSSR count). The molecular weight excluding hydrogens is 392 g/mol. The van der Waals surface area contributed by atoms with Gasteiger partial charge >= 0.3 is 0 Å². The SMILES string of the molecule is Cc1noc2nc(C3CC3)cc(C(=O)N(CCCN(C)C)C3CCS(=O)(=O)C3)c12. The Balaban J connectivity index is 1.70. The van der Waals surface area contributed by atoms with Gasteiger partial charge in [-0.2, -0.15) is 0 Å². The van der Waals surface area contributed by atoms with Crippen molar-refractivity contribution in [2.75, 3.05) is 38.7 Å². The van der Waals surface area contributed by atoms with Crippen molar-refractivity contribution in [2.45, 2.75) is 44.6 Å². The number of aryl methyl sites for hydroxylation is 1. The molecule has 2 fully saturated rings. The summed E-state index contributed by atoms with van der Waals surface area (Å²) in [6, 6.07) is 1.58. The third kappa shape index (κ3) is 4.30. The fraction of sp³-hybridized carbons (Fsp3) is 0.650. The molecule has 0 spiro atoms. The fourth-order valence-electron chi connectivity index (χ4n) is 4.05. The van der Waals surface area contributed by atoms with E-state index in [1.165, 1.54) is 0 Å². The molecule has 1 aliphatic heterocycles. The van der Waals surface area contributed by atoms with Crippen molar-refractivity contribution in [1.29, 1.82) is 0 Å². The monoisotopic (exact) mass is 420 g/mol. The van der Waals surface area contributed by atoms with Crippen LogP contribution in [0.4, 0.5) is 0 Å². The Morgan fingerprint density at radius 2 is 2.00 bits per heavy atom. The van der Waals surface area contributed by atoms with Gasteiger partial charge < -0.3 is 14.3 Å². The highest BCUT2D eigenvalue weighted by molar-refractivity contribution is 7.91. The summed E-state index contributed by atoms with van der Waals surface area (Å²) in [6.45, 7) is 3.15. The Labute approximate surface area is 171 Å². The first-order valence-electron chi connectivity index (χ1n) is 10.2. The summed E-state index contributed by atoms with van der Waals surface area (Å²) in [5.41, 5.74) is 2.42. The van der Waals surface area contributed by atoms with E-state index in [1.54, 1.807) is 11.8 Å². The highest BCUT2D eigenvalue weighted by Crippen LogP contribution is 2.40. The Bertz CT molecular complexity index is 1030. The van der Waals surface area contributed by atoms with Crippen molar-refractivity contribution >= 4 is 26.8 Å². The number of hydrogen-bond acceptors (Lipinski definition) is 7. The van der Waals surface area contributed by atoms with E-state index < -0.39 is 9.84 Å². The van der Waals surface area contributed by atoms with Crippen molar-refractivity contribution in [3.63, 3.8) is 0 Å². The highest BCUT2D eigenvalue weighted by atomic mass is 32.2. The van der Waals surface area contributed by atoms with Crippen LogP contribution in [-0.4, -0.2) is 79.0 Å². The molecule has 9 heteroatoms. The maximum absolute atomic E-state index is 13.7. The molecule has 1 saturated heterocycles. The van der Waals surface area contributed by atoms with E-state index in [9.17, 15) is 13.2 Å². The first-order valence-corrected chi connectivity index (χ1v) is 12.0. The average molecular weight is 421 g/mol. The zero-order valence-corrected chi connectivity index (χ0v) is 18.0. The van der Waals surface area contributed by atoms with Crippen LogP contribution in [-0.2, 0) is 9.84 Å². The molecule has 2 aromatic rings. The number of rotatable bonds is 7. The van der Waals surface area contributed by atoms with Gasteiger partial charge in [0.25, 0.3) is 11.6 Å². The third-order valence-corrected chi connectivity index (χ3v) is 7.53. The molecule has 8 nitrogen and oxygen atoms in total. The minimum Gasteiger partial charge on any atom is -0.336 e. The second-order valence-corrected chi connectivity index (χ2v) is 10.8. The van der Waals surface area contributed by atoms with E-state index in [-0.39, 0.29) is 23.5 Å². The number of pyridine rings is 1. The molecule has 1 unspecified atom stereocenters. The largest absolute Gasteiger partial charge is 0.336 e. The lowest BCUT2D eigenvalue weighted by Gasteiger charge is -2.29. The molecule has 2 aromatic heterocycles. The summed E-state index contributed by atoms with van der Waals surface area (Å²) in [5.74, 6) is 0.393. The molecule has 0 radical (unpaired) electrons. The predicted molar refractivity (Wildman–Crippen MR) is 110 cm³/mol. The van der Waals surface area contributed by atoms with Gasteiger partial charge in [0.1, 0.15) is 0 Å². The number of sulfone groups is 1. The van der Waals surface area contributed by atoms with E-state index in [1.807, 2.05) is 20.2 Å². The lowest BCUT2D eigenvalue weighted by molar-refractivity contribution is 0.0692. The number of carbonyl (C=O) groups excluding carboxylic acids is 1. The quantitative estimate of drug-likeness (QED) is 0.676. The van der Waals surface area contributed by atoms with Crippen molar-refractivity contribution in [3.05, 3.63) is 23.0 Å². The minimum atomic E-state index is -3.10. The number of amides is 1. The van der Waals surface area contributed by atoms with Gasteiger partial charge in [0, 0.05) is 24.2 Å². The van der Waals surface area contributed by atoms with Crippen LogP contribution in [0.5, 0.6) is 0 Å². The summed E-state index contributed by atoms with van der Waals surface area (Å²) in [6.07, 6.45) is 3.39. The Morgan fingerprint density at radius 1 is 1.24 bits per heavy atom. The van der Waals surface area contributed by atoms with Gasteiger partial charge in [-0.25, -0.2) is 13.4 Å². The minimum absolute atomic E-state index is 0.0348. The van der Waals surface area contributed by atoms with Crippen LogP contribution >= 0.6 is 0 Å². The maximum atomic E-state index is 13.7. The van der Waals surface area contributed by atoms with E-state index in [2.05, 4.69) is 15.0 Å². The normalized spacial score (nSPS) is 21.2. The van der Waals surface area contributed by atoms with Crippen LogP contribution in [0.25, 0.3) is 11.1 Å². The lowest BCUT2D eigenvalue weighted by atomic mass is 10.0. The smallest absolute Gasteiger partial charge is 0.259 e. The second kappa shape index (κ2) is 7.68. The molecule has 0 bridgehead atoms. The summed E-state index contributed by atoms with van der Waals surface area (Å²) >= 11 is 0. The van der Waals surface area contributed by atoms with Gasteiger partial charge in [-0.15, -0.1) is 0 Å². The molecule has 2 aliphatic rings. The van der Waals surface area contributed by atoms with E-state index in [0.717, 1.165) is 31.5 Å². The van der Waals surface area contributed by atoms with Crippen molar-refractivity contribution in [2.24, 2.45) is 0 Å². The van der Waals surface area contributed by atoms with Gasteiger partial charge in [0.2, 0.25) is 0 Å². The molecule has 29 heavy (non-hydrogen) atoms. The van der Waals surface area contributed by atoms with Crippen molar-refractivity contribution in [1.82, 2.24) is 19.9 Å². The Kier molecular flexibility index (Phi) is 5.37. The van der Waals surface area contributed by atoms with E-state index >= 15 is 0 Å². The summed E-state index contributed by atoms with van der Waals surface area (Å²) in [7, 11) is 0.878. The summed E-state index contributed by atoms with van der Waals surface area (Å²) in [4.78, 5) is 22.1. The van der Waals surface area contributed by atoms with E-state index in [0.29, 0.717) is 41.2 Å². The van der Waals surface area contributed by atoms with Crippen molar-refractivity contribution in [3.8, 4) is 0 Å². The summed E-state index contributed by atoms with van der Waals surface area (Å²) in [5, 5.41) is 4.65. The topological polar surface area (TPSA) is 96.6 Å². The summed E-state index contributed by atoms with van der Waals surface area (Å²) < 4.78 is 29.5. The van der Waals surface area contributed by atoms with Crippen LogP contribution in [0, 0.1) is 6.92 Å². The molecule has 0 aromatic carbocycles. The first-order chi connectivity index (χ1) is 13.7. The molecule has 1 aliphatic carbocycles. The molecule has 0 N–H and O–H groups in total. The van der Waals surface area contributed by atoms with Gasteiger partial charge in [0.05, 0.1) is 28.1 Å². The predicted octanol–water partition coefficient (Wildman–Crippen LogP) is 1.99. The number of hydrogen-bond donors (Lipinski definition) is 0. The van der Waals surface area contributed by atoms with Crippen LogP contribution in [0.1, 0.15) is 53.3 Å². The van der Waals surface area contributed by atoms with Crippen LogP contribution in [0.2, 0.25) is 0 Å². The van der Waals surface area contributed by atoms with Gasteiger partial charge in [0.15, 0.2) is 9.84 Å². The first kappa shape index (κ1) is 20.3. The number of fused-ring (bicyclic) bond motifs is 1. The zero-order chi connectivity index (χ0) is 20.8. The van der Waals surface area contributed by atoms with E-state index in [4.69, 9.17) is 4.52 Å². The lowest BCUT2D eigenvalue weighted by Crippen LogP contribution is -2.42. The standard InChI is InChI=1S/C20H28N4O4S/c1-13-18-16(11-17(14-5-6-14)21-19(18)28-22-13)20(25)24(9-4-8-23(2)3)15-7-10-29(26,27)12-15/h11,14-15H,4-10,12H2,1-3H3. The molecule has 1 saturated carbocycles. The number of carbonyl (C=O) groups is 1. The highest BCUT2D eigenvalue weighted by Gasteiger charge is 2.36. The Morgan fingerprint density at radius 3 is 2.62 bits per heavy atom. The Hall–Kier alpha value is -2.00. The van der Waals surface area contributed by atoms with Gasteiger partial charge in [-0.05, 0) is 59.3 Å². The van der Waals surface area contributed by atoms with Gasteiger partial charge in [-0.1, -0.05) is 5.16 Å². The van der Waals surface area contributed by atoms with Crippen LogP contribution in [0.15, 0.2) is 10.6 Å². The molecule has 3 heterocycles. The van der Waals surface area contributed by atoms with Crippen LogP contribution in [0.3, 0.4) is 0 Å². The van der Waals surface area contributed by atoms with Crippen molar-refractivity contribution < 1.29 is 17.7 Å². The molecule has 1 amide bonds. The fourth-order valence-corrected chi connectivity index (χ4v) is 5.78. The van der Waals surface area contributed by atoms with Crippen LogP contribution < -0.4 is 0 Å². The molecule has 1 atom stereocenters. The maximum Gasteiger partial charge on any atom is 0.259 e. The third-order valence-electron chi connectivity index (χ3n) is 5.78. The zero-order valence-electron chi connectivity index (χ0n) is 17.2. The van der Waals surface area contributed by atoms with Gasteiger partial charge in [-0.3, -0.25) is 4.79 Å². The number of aromatic nitrogens is 2. The molecule has 158 valence electrons. The molecular formula is C20H28N4O4S. The average Bonchev–Trinajstić information content (AvgIpc) is 3.36. The second-order valence-electron chi connectivity index (χ2n) is 8.53. The number of nitrogens with zero attached hydrogens (tertiary/aromatic N) is 4.